The van der Waals surface area contributed by atoms with Crippen molar-refractivity contribution in [3.8, 4) is 10.7 Å². The lowest BCUT2D eigenvalue weighted by Crippen LogP contribution is -2.18. The molecule has 0 aromatic carbocycles. The van der Waals surface area contributed by atoms with Gasteiger partial charge in [0.15, 0.2) is 0 Å². The Bertz CT molecular complexity index is 512. The number of halogens is 1. The van der Waals surface area contributed by atoms with Crippen molar-refractivity contribution in [3.05, 3.63) is 33.9 Å². The van der Waals surface area contributed by atoms with Crippen LogP contribution < -0.4 is 5.32 Å². The molecule has 0 spiro atoms. The molecule has 18 heavy (non-hydrogen) atoms. The Morgan fingerprint density at radius 3 is 3.00 bits per heavy atom. The fourth-order valence-electron chi connectivity index (χ4n) is 1.60. The van der Waals surface area contributed by atoms with Gasteiger partial charge in [0.2, 0.25) is 0 Å². The van der Waals surface area contributed by atoms with Crippen molar-refractivity contribution < 1.29 is 0 Å². The van der Waals surface area contributed by atoms with Crippen molar-refractivity contribution in [2.45, 2.75) is 26.3 Å². The molecule has 0 fully saturated rings. The zero-order valence-electron chi connectivity index (χ0n) is 10.5. The number of rotatable bonds is 5. The van der Waals surface area contributed by atoms with E-state index in [4.69, 9.17) is 0 Å². The fraction of sp³-hybridized carbons (Fsp3) is 0.385. The molecule has 96 valence electrons. The number of hydrogen-bond acceptors (Lipinski definition) is 4. The Hall–Kier alpha value is -0.780. The first-order valence-electron chi connectivity index (χ1n) is 6.02. The third-order valence-electron chi connectivity index (χ3n) is 2.61. The molecular weight excluding hydrogens is 310 g/mol. The van der Waals surface area contributed by atoms with E-state index in [0.29, 0.717) is 6.04 Å². The summed E-state index contributed by atoms with van der Waals surface area (Å²) in [7, 11) is 0. The molecule has 0 radical (unpaired) electrons. The van der Waals surface area contributed by atoms with E-state index in [1.807, 2.05) is 18.3 Å². The molecule has 1 N–H and O–H groups in total. The molecule has 3 nitrogen and oxygen atoms in total. The van der Waals surface area contributed by atoms with Gasteiger partial charge in [-0.05, 0) is 48.0 Å². The molecule has 0 saturated carbocycles. The summed E-state index contributed by atoms with van der Waals surface area (Å²) in [6.45, 7) is 5.37. The van der Waals surface area contributed by atoms with Gasteiger partial charge < -0.3 is 5.32 Å². The van der Waals surface area contributed by atoms with Gasteiger partial charge in [0.05, 0.1) is 0 Å². The summed E-state index contributed by atoms with van der Waals surface area (Å²) in [6.07, 6.45) is 4.87. The summed E-state index contributed by atoms with van der Waals surface area (Å²) >= 11 is 5.20. The first-order chi connectivity index (χ1) is 8.72. The summed E-state index contributed by atoms with van der Waals surface area (Å²) in [5, 5.41) is 4.43. The van der Waals surface area contributed by atoms with Crippen molar-refractivity contribution >= 4 is 27.3 Å². The smallest absolute Gasteiger partial charge is 0.143 e. The maximum Gasteiger partial charge on any atom is 0.143 e. The van der Waals surface area contributed by atoms with Crippen molar-refractivity contribution in [2.75, 3.05) is 6.54 Å². The number of nitrogens with one attached hydrogen (secondary N) is 1. The molecule has 2 heterocycles. The molecule has 1 unspecified atom stereocenters. The van der Waals surface area contributed by atoms with Gasteiger partial charge in [-0.25, -0.2) is 4.98 Å². The second-order valence-electron chi connectivity index (χ2n) is 4.08. The molecule has 0 aliphatic heterocycles. The number of aromatic nitrogens is 2. The van der Waals surface area contributed by atoms with Gasteiger partial charge in [-0.1, -0.05) is 6.92 Å². The van der Waals surface area contributed by atoms with Crippen molar-refractivity contribution in [2.24, 2.45) is 0 Å². The summed E-state index contributed by atoms with van der Waals surface area (Å²) < 4.78 is 0.986. The normalized spacial score (nSPS) is 12.6. The Labute approximate surface area is 120 Å². The predicted octanol–water partition coefficient (Wildman–Crippen LogP) is 4.03. The molecular formula is C13H16BrN3S. The summed E-state index contributed by atoms with van der Waals surface area (Å²) in [5.74, 6) is 0. The molecule has 0 saturated heterocycles. The maximum absolute atomic E-state index is 4.46. The van der Waals surface area contributed by atoms with Gasteiger partial charge in [-0.2, -0.15) is 0 Å². The van der Waals surface area contributed by atoms with Crippen LogP contribution in [0.5, 0.6) is 0 Å². The topological polar surface area (TPSA) is 37.8 Å². The van der Waals surface area contributed by atoms with Crippen LogP contribution in [0.2, 0.25) is 0 Å². The molecule has 1 atom stereocenters. The minimum Gasteiger partial charge on any atom is -0.309 e. The van der Waals surface area contributed by atoms with Crippen LogP contribution in [-0.2, 0) is 0 Å². The van der Waals surface area contributed by atoms with Gasteiger partial charge in [0, 0.05) is 27.8 Å². The number of nitrogens with zero attached hydrogens (tertiary/aromatic N) is 2. The lowest BCUT2D eigenvalue weighted by atomic mass is 10.3. The van der Waals surface area contributed by atoms with Crippen LogP contribution in [0, 0.1) is 0 Å². The van der Waals surface area contributed by atoms with E-state index < -0.39 is 0 Å². The Kier molecular flexibility index (Phi) is 4.86. The maximum atomic E-state index is 4.46. The van der Waals surface area contributed by atoms with Crippen LogP contribution in [-0.4, -0.2) is 16.5 Å². The van der Waals surface area contributed by atoms with Crippen LogP contribution in [0.3, 0.4) is 0 Å². The van der Waals surface area contributed by atoms with E-state index in [1.165, 1.54) is 4.88 Å². The van der Waals surface area contributed by atoms with Gasteiger partial charge in [0.25, 0.3) is 0 Å². The predicted molar refractivity (Wildman–Crippen MR) is 79.8 cm³/mol. The monoisotopic (exact) mass is 325 g/mol. The second-order valence-corrected chi connectivity index (χ2v) is 5.99. The lowest BCUT2D eigenvalue weighted by molar-refractivity contribution is 0.577. The average Bonchev–Trinajstić information content (AvgIpc) is 2.86. The third kappa shape index (κ3) is 3.16. The highest BCUT2D eigenvalue weighted by Gasteiger charge is 2.12. The standard InChI is InChI=1S/C13H16BrN3S/c1-3-6-15-9(2)11-8-17-13(18-11)12-10(14)5-4-7-16-12/h4-5,7-9,15H,3,6H2,1-2H3. The van der Waals surface area contributed by atoms with E-state index >= 15 is 0 Å². The van der Waals surface area contributed by atoms with Crippen LogP contribution in [0.1, 0.15) is 31.2 Å². The molecule has 2 rings (SSSR count). The van der Waals surface area contributed by atoms with Crippen LogP contribution in [0.25, 0.3) is 10.7 Å². The number of pyridine rings is 1. The van der Waals surface area contributed by atoms with Crippen molar-refractivity contribution in [3.63, 3.8) is 0 Å². The van der Waals surface area contributed by atoms with Crippen LogP contribution in [0.15, 0.2) is 29.0 Å². The Morgan fingerprint density at radius 2 is 2.28 bits per heavy atom. The van der Waals surface area contributed by atoms with Crippen molar-refractivity contribution in [1.29, 1.82) is 0 Å². The minimum absolute atomic E-state index is 0.346. The zero-order chi connectivity index (χ0) is 13.0. The second kappa shape index (κ2) is 6.41. The van der Waals surface area contributed by atoms with E-state index in [0.717, 1.165) is 28.1 Å². The van der Waals surface area contributed by atoms with Gasteiger partial charge >= 0.3 is 0 Å². The zero-order valence-corrected chi connectivity index (χ0v) is 12.9. The first-order valence-corrected chi connectivity index (χ1v) is 7.63. The minimum atomic E-state index is 0.346. The van der Waals surface area contributed by atoms with E-state index in [9.17, 15) is 0 Å². The number of thiazole rings is 1. The van der Waals surface area contributed by atoms with Gasteiger partial charge in [-0.15, -0.1) is 11.3 Å². The molecule has 0 aliphatic carbocycles. The molecule has 0 aliphatic rings. The summed E-state index contributed by atoms with van der Waals surface area (Å²) in [5.41, 5.74) is 0.913. The Morgan fingerprint density at radius 1 is 1.44 bits per heavy atom. The van der Waals surface area contributed by atoms with Gasteiger partial charge in [-0.3, -0.25) is 4.98 Å². The van der Waals surface area contributed by atoms with E-state index in [1.54, 1.807) is 17.5 Å². The van der Waals surface area contributed by atoms with E-state index in [-0.39, 0.29) is 0 Å². The SMILES string of the molecule is CCCNC(C)c1cnc(-c2ncccc2Br)s1. The van der Waals surface area contributed by atoms with E-state index in [2.05, 4.69) is 45.1 Å². The highest BCUT2D eigenvalue weighted by molar-refractivity contribution is 9.10. The molecule has 2 aromatic rings. The molecule has 0 amide bonds. The van der Waals surface area contributed by atoms with Gasteiger partial charge in [0.1, 0.15) is 10.7 Å². The highest BCUT2D eigenvalue weighted by atomic mass is 79.9. The lowest BCUT2D eigenvalue weighted by Gasteiger charge is -2.09. The van der Waals surface area contributed by atoms with Crippen molar-refractivity contribution in [1.82, 2.24) is 15.3 Å². The fourth-order valence-corrected chi connectivity index (χ4v) is 3.13. The molecule has 0 bridgehead atoms. The highest BCUT2D eigenvalue weighted by Crippen LogP contribution is 2.31. The summed E-state index contributed by atoms with van der Waals surface area (Å²) in [4.78, 5) is 10.1. The average molecular weight is 326 g/mol. The number of hydrogen-bond donors (Lipinski definition) is 1. The third-order valence-corrected chi connectivity index (χ3v) is 4.44. The largest absolute Gasteiger partial charge is 0.309 e. The Balaban J connectivity index is 2.18. The first kappa shape index (κ1) is 13.6. The van der Waals surface area contributed by atoms with Crippen LogP contribution >= 0.6 is 27.3 Å². The molecule has 2 aromatic heterocycles. The summed E-state index contributed by atoms with van der Waals surface area (Å²) in [6, 6.07) is 4.24. The van der Waals surface area contributed by atoms with Crippen LogP contribution in [0.4, 0.5) is 0 Å². The molecule has 5 heteroatoms. The quantitative estimate of drug-likeness (QED) is 0.901.